The summed E-state index contributed by atoms with van der Waals surface area (Å²) in [5.41, 5.74) is 7.12. The van der Waals surface area contributed by atoms with Crippen molar-refractivity contribution in [2.24, 2.45) is 5.41 Å². The predicted octanol–water partition coefficient (Wildman–Crippen LogP) is 6.51. The fourth-order valence-electron chi connectivity index (χ4n) is 2.60. The van der Waals surface area contributed by atoms with Gasteiger partial charge in [-0.2, -0.15) is 23.3 Å². The van der Waals surface area contributed by atoms with E-state index in [4.69, 9.17) is 0 Å². The molecule has 1 aliphatic rings. The van der Waals surface area contributed by atoms with E-state index in [1.54, 1.807) is 0 Å². The van der Waals surface area contributed by atoms with Crippen LogP contribution in [0, 0.1) is 11.5 Å². The van der Waals surface area contributed by atoms with Crippen LogP contribution in [-0.4, -0.2) is 4.98 Å². The van der Waals surface area contributed by atoms with E-state index in [1.165, 1.54) is 28.1 Å². The fourth-order valence-corrected chi connectivity index (χ4v) is 2.60. The van der Waals surface area contributed by atoms with Gasteiger partial charge in [0, 0.05) is 0 Å². The van der Waals surface area contributed by atoms with Crippen molar-refractivity contribution in [1.82, 2.24) is 4.98 Å². The molecule has 132 valence electrons. The Kier molecular flexibility index (Phi) is 7.78. The molecule has 2 heteroatoms. The molecule has 0 N–H and O–H groups in total. The molecule has 0 amide bonds. The van der Waals surface area contributed by atoms with Crippen molar-refractivity contribution < 1.29 is 26.2 Å². The number of hydrogen-bond acceptors (Lipinski definition) is 1. The zero-order valence-electron chi connectivity index (χ0n) is 17.6. The van der Waals surface area contributed by atoms with Gasteiger partial charge >= 0.3 is 26.2 Å². The van der Waals surface area contributed by atoms with Gasteiger partial charge in [0.05, 0.1) is 0 Å². The number of aromatic nitrogens is 1. The van der Waals surface area contributed by atoms with Crippen LogP contribution in [0.15, 0.2) is 28.9 Å². The maximum atomic E-state index is 4.65. The van der Waals surface area contributed by atoms with Crippen LogP contribution in [0.3, 0.4) is 0 Å². The van der Waals surface area contributed by atoms with E-state index in [1.807, 2.05) is 0 Å². The summed E-state index contributed by atoms with van der Waals surface area (Å²) in [5.74, 6) is 0. The molecule has 0 saturated carbocycles. The van der Waals surface area contributed by atoms with Gasteiger partial charge < -0.3 is 4.98 Å². The molecule has 1 aliphatic carbocycles. The molecule has 0 unspecified atom stereocenters. The molecule has 0 radical (unpaired) electrons. The SMILES string of the molecule is CC(C)(C)c1cc[c-](C(C)(C)C)n1.CC1=[C-]C(C)(C)C(C)=C1C.[Zr+2]. The third-order valence-corrected chi connectivity index (χ3v) is 4.74. The Morgan fingerprint density at radius 3 is 1.67 bits per heavy atom. The Hall–Kier alpha value is -0.357. The maximum absolute atomic E-state index is 4.65. The molecule has 1 heterocycles. The van der Waals surface area contributed by atoms with Crippen molar-refractivity contribution in [2.45, 2.75) is 87.0 Å². The molecule has 0 fully saturated rings. The zero-order valence-corrected chi connectivity index (χ0v) is 20.1. The summed E-state index contributed by atoms with van der Waals surface area (Å²) >= 11 is 0. The van der Waals surface area contributed by atoms with E-state index in [9.17, 15) is 0 Å². The van der Waals surface area contributed by atoms with E-state index in [2.05, 4.69) is 99.4 Å². The molecule has 1 aromatic heterocycles. The van der Waals surface area contributed by atoms with Crippen molar-refractivity contribution >= 4 is 0 Å². The van der Waals surface area contributed by atoms with Crippen LogP contribution in [0.25, 0.3) is 0 Å². The summed E-state index contributed by atoms with van der Waals surface area (Å²) in [7, 11) is 0. The summed E-state index contributed by atoms with van der Waals surface area (Å²) in [6, 6.07) is 4.28. The van der Waals surface area contributed by atoms with Crippen molar-refractivity contribution in [3.05, 3.63) is 46.3 Å². The normalized spacial score (nSPS) is 17.0. The summed E-state index contributed by atoms with van der Waals surface area (Å²) in [6.45, 7) is 24.1. The Bertz CT molecular complexity index is 585. The number of nitrogens with zero attached hydrogens (tertiary/aromatic N) is 1. The maximum Gasteiger partial charge on any atom is 2.00 e. The molecular formula is C22H35NZr. The molecule has 0 aromatic carbocycles. The Balaban J connectivity index is 0.000000436. The van der Waals surface area contributed by atoms with Gasteiger partial charge in [-0.05, 0) is 5.41 Å². The molecule has 1 aromatic rings. The Morgan fingerprint density at radius 1 is 1.00 bits per heavy atom. The molecule has 24 heavy (non-hydrogen) atoms. The quantitative estimate of drug-likeness (QED) is 0.449. The van der Waals surface area contributed by atoms with Gasteiger partial charge in [0.2, 0.25) is 0 Å². The Labute approximate surface area is 169 Å². The molecule has 1 nitrogen and oxygen atoms in total. The first-order valence-corrected chi connectivity index (χ1v) is 8.61. The average Bonchev–Trinajstić information content (AvgIpc) is 2.91. The van der Waals surface area contributed by atoms with Crippen LogP contribution in [0.5, 0.6) is 0 Å². The predicted molar refractivity (Wildman–Crippen MR) is 102 cm³/mol. The fraction of sp³-hybridized carbons (Fsp3) is 0.636. The van der Waals surface area contributed by atoms with Crippen LogP contribution < -0.4 is 0 Å². The molecule has 0 saturated heterocycles. The number of rotatable bonds is 0. The number of allylic oxidation sites excluding steroid dienone is 4. The summed E-state index contributed by atoms with van der Waals surface area (Å²) in [4.78, 5) is 4.65. The first kappa shape index (κ1) is 23.6. The monoisotopic (exact) mass is 403 g/mol. The van der Waals surface area contributed by atoms with Crippen molar-refractivity contribution in [3.8, 4) is 0 Å². The van der Waals surface area contributed by atoms with Crippen LogP contribution in [-0.2, 0) is 37.0 Å². The van der Waals surface area contributed by atoms with Crippen LogP contribution in [0.2, 0.25) is 0 Å². The standard InChI is InChI=1S/C12H20N.C10H15.Zr/c1-11(2,3)9-7-8-10(13-9)12(4,5)6;1-7-6-10(4,5)9(3)8(7)2;/h7-8H,1-6H3;1-5H3;/q2*-1;+2. The molecular weight excluding hydrogens is 369 g/mol. The van der Waals surface area contributed by atoms with Gasteiger partial charge in [0.1, 0.15) is 0 Å². The van der Waals surface area contributed by atoms with Gasteiger partial charge in [-0.15, -0.1) is 12.6 Å². The van der Waals surface area contributed by atoms with Gasteiger partial charge in [-0.1, -0.05) is 85.8 Å². The second-order valence-corrected chi connectivity index (χ2v) is 9.34. The summed E-state index contributed by atoms with van der Waals surface area (Å²) in [6.07, 6.45) is 3.44. The van der Waals surface area contributed by atoms with E-state index < -0.39 is 0 Å². The minimum atomic E-state index is 0. The van der Waals surface area contributed by atoms with Crippen LogP contribution in [0.1, 0.15) is 87.5 Å². The third-order valence-electron chi connectivity index (χ3n) is 4.74. The van der Waals surface area contributed by atoms with E-state index >= 15 is 0 Å². The van der Waals surface area contributed by atoms with Crippen LogP contribution >= 0.6 is 0 Å². The summed E-state index contributed by atoms with van der Waals surface area (Å²) < 4.78 is 0. The van der Waals surface area contributed by atoms with Crippen LogP contribution in [0.4, 0.5) is 0 Å². The minimum absolute atomic E-state index is 0. The first-order chi connectivity index (χ1) is 10.2. The first-order valence-electron chi connectivity index (χ1n) is 8.61. The second kappa shape index (κ2) is 7.90. The molecule has 0 aliphatic heterocycles. The van der Waals surface area contributed by atoms with Crippen molar-refractivity contribution in [1.29, 1.82) is 0 Å². The van der Waals surface area contributed by atoms with E-state index in [0.717, 1.165) is 0 Å². The average molecular weight is 405 g/mol. The van der Waals surface area contributed by atoms with E-state index in [-0.39, 0.29) is 42.4 Å². The summed E-state index contributed by atoms with van der Waals surface area (Å²) in [5, 5.41) is 0. The van der Waals surface area contributed by atoms with Gasteiger partial charge in [0.25, 0.3) is 0 Å². The second-order valence-electron chi connectivity index (χ2n) is 9.34. The van der Waals surface area contributed by atoms with Crippen molar-refractivity contribution in [2.75, 3.05) is 0 Å². The number of hydrogen-bond donors (Lipinski definition) is 0. The minimum Gasteiger partial charge on any atom is -0.395 e. The smallest absolute Gasteiger partial charge is 0.395 e. The molecule has 0 bridgehead atoms. The largest absolute Gasteiger partial charge is 2.00 e. The third kappa shape index (κ3) is 5.87. The molecule has 0 atom stereocenters. The zero-order chi connectivity index (χ0) is 18.2. The van der Waals surface area contributed by atoms with Crippen molar-refractivity contribution in [3.63, 3.8) is 0 Å². The van der Waals surface area contributed by atoms with E-state index in [0.29, 0.717) is 0 Å². The van der Waals surface area contributed by atoms with Gasteiger partial charge in [0.15, 0.2) is 0 Å². The Morgan fingerprint density at radius 2 is 1.50 bits per heavy atom. The molecule has 0 spiro atoms. The van der Waals surface area contributed by atoms with Gasteiger partial charge in [-0.3, -0.25) is 6.08 Å². The van der Waals surface area contributed by atoms with Gasteiger partial charge in [-0.25, -0.2) is 5.57 Å². The topological polar surface area (TPSA) is 12.9 Å². The molecule has 2 rings (SSSR count).